The quantitative estimate of drug-likeness (QED) is 0.701. The van der Waals surface area contributed by atoms with Crippen LogP contribution in [0.25, 0.3) is 0 Å². The molecule has 2 heteroatoms. The number of carbonyl (C=O) groups is 2. The van der Waals surface area contributed by atoms with Gasteiger partial charge in [-0.05, 0) is 6.42 Å². The normalized spacial score (nSPS) is 25.2. The van der Waals surface area contributed by atoms with Crippen molar-refractivity contribution in [3.8, 4) is 0 Å². The van der Waals surface area contributed by atoms with Crippen molar-refractivity contribution in [1.82, 2.24) is 0 Å². The highest BCUT2D eigenvalue weighted by atomic mass is 16.1. The van der Waals surface area contributed by atoms with E-state index in [1.807, 2.05) is 19.9 Å². The third-order valence-corrected chi connectivity index (χ3v) is 3.35. The molecule has 2 rings (SSSR count). The van der Waals surface area contributed by atoms with E-state index < -0.39 is 5.41 Å². The van der Waals surface area contributed by atoms with Gasteiger partial charge in [-0.25, -0.2) is 0 Å². The number of benzene rings is 1. The van der Waals surface area contributed by atoms with E-state index in [9.17, 15) is 9.59 Å². The number of fused-ring (bicyclic) bond motifs is 1. The molecular formula is C13H14O2. The maximum atomic E-state index is 12.2. The summed E-state index contributed by atoms with van der Waals surface area (Å²) in [5, 5.41) is 0. The van der Waals surface area contributed by atoms with Gasteiger partial charge in [-0.1, -0.05) is 38.1 Å². The minimum Gasteiger partial charge on any atom is -0.294 e. The SMILES string of the molecule is CCC1(C)CC(=O)c2ccccc2C1=O. The van der Waals surface area contributed by atoms with Crippen molar-refractivity contribution in [3.63, 3.8) is 0 Å². The number of Topliss-reactive ketones (excluding diaryl/α,β-unsaturated/α-hetero) is 2. The molecule has 0 spiro atoms. The van der Waals surface area contributed by atoms with E-state index in [4.69, 9.17) is 0 Å². The van der Waals surface area contributed by atoms with Gasteiger partial charge >= 0.3 is 0 Å². The van der Waals surface area contributed by atoms with Crippen molar-refractivity contribution in [2.24, 2.45) is 5.41 Å². The van der Waals surface area contributed by atoms with Crippen molar-refractivity contribution < 1.29 is 9.59 Å². The number of carbonyl (C=O) groups excluding carboxylic acids is 2. The lowest BCUT2D eigenvalue weighted by Crippen LogP contribution is -2.35. The highest BCUT2D eigenvalue weighted by Crippen LogP contribution is 2.37. The number of ketones is 2. The molecule has 0 amide bonds. The monoisotopic (exact) mass is 202 g/mol. The fourth-order valence-electron chi connectivity index (χ4n) is 2.06. The standard InChI is InChI=1S/C13H14O2/c1-3-13(2)8-11(14)9-6-4-5-7-10(9)12(13)15/h4-7H,3,8H2,1-2H3. The predicted octanol–water partition coefficient (Wildman–Crippen LogP) is 2.87. The van der Waals surface area contributed by atoms with Crippen LogP contribution in [0.1, 0.15) is 47.4 Å². The van der Waals surface area contributed by atoms with Crippen LogP contribution in [-0.2, 0) is 0 Å². The molecule has 1 aliphatic rings. The van der Waals surface area contributed by atoms with Crippen LogP contribution in [0.15, 0.2) is 24.3 Å². The molecule has 2 nitrogen and oxygen atoms in total. The smallest absolute Gasteiger partial charge is 0.169 e. The summed E-state index contributed by atoms with van der Waals surface area (Å²) in [6.07, 6.45) is 1.06. The zero-order valence-electron chi connectivity index (χ0n) is 9.04. The second-order valence-corrected chi connectivity index (χ2v) is 4.39. The molecular weight excluding hydrogens is 188 g/mol. The van der Waals surface area contributed by atoms with Gasteiger partial charge in [-0.15, -0.1) is 0 Å². The predicted molar refractivity (Wildman–Crippen MR) is 58.1 cm³/mol. The number of hydrogen-bond acceptors (Lipinski definition) is 2. The summed E-state index contributed by atoms with van der Waals surface area (Å²) in [4.78, 5) is 24.0. The average molecular weight is 202 g/mol. The summed E-state index contributed by atoms with van der Waals surface area (Å²) in [5.74, 6) is 0.203. The van der Waals surface area contributed by atoms with E-state index in [1.165, 1.54) is 0 Å². The number of hydrogen-bond donors (Lipinski definition) is 0. The molecule has 0 heterocycles. The second-order valence-electron chi connectivity index (χ2n) is 4.39. The molecule has 0 radical (unpaired) electrons. The Morgan fingerprint density at radius 1 is 1.20 bits per heavy atom. The third-order valence-electron chi connectivity index (χ3n) is 3.35. The minimum absolute atomic E-state index is 0.0922. The molecule has 15 heavy (non-hydrogen) atoms. The Hall–Kier alpha value is -1.44. The molecule has 1 atom stereocenters. The molecule has 0 N–H and O–H groups in total. The molecule has 1 aliphatic carbocycles. The Morgan fingerprint density at radius 3 is 2.40 bits per heavy atom. The average Bonchev–Trinajstić information content (AvgIpc) is 2.26. The summed E-state index contributed by atoms with van der Waals surface area (Å²) in [6.45, 7) is 3.84. The molecule has 0 bridgehead atoms. The molecule has 0 saturated carbocycles. The largest absolute Gasteiger partial charge is 0.294 e. The Balaban J connectivity index is 2.59. The zero-order valence-corrected chi connectivity index (χ0v) is 9.04. The first-order valence-electron chi connectivity index (χ1n) is 5.25. The Kier molecular flexibility index (Phi) is 2.22. The summed E-state index contributed by atoms with van der Waals surface area (Å²) < 4.78 is 0. The molecule has 78 valence electrons. The van der Waals surface area contributed by atoms with Gasteiger partial charge in [-0.3, -0.25) is 9.59 Å². The van der Waals surface area contributed by atoms with Crippen LogP contribution in [0.2, 0.25) is 0 Å². The van der Waals surface area contributed by atoms with Crippen LogP contribution < -0.4 is 0 Å². The second kappa shape index (κ2) is 3.30. The Bertz CT molecular complexity index is 434. The molecule has 0 aromatic heterocycles. The summed E-state index contributed by atoms with van der Waals surface area (Å²) >= 11 is 0. The lowest BCUT2D eigenvalue weighted by molar-refractivity contribution is 0.0707. The van der Waals surface area contributed by atoms with Crippen LogP contribution in [0.5, 0.6) is 0 Å². The van der Waals surface area contributed by atoms with Crippen LogP contribution >= 0.6 is 0 Å². The van der Waals surface area contributed by atoms with Gasteiger partial charge in [0.05, 0.1) is 0 Å². The van der Waals surface area contributed by atoms with Crippen LogP contribution in [0.4, 0.5) is 0 Å². The van der Waals surface area contributed by atoms with Crippen molar-refractivity contribution in [1.29, 1.82) is 0 Å². The van der Waals surface area contributed by atoms with Gasteiger partial charge in [0.25, 0.3) is 0 Å². The van der Waals surface area contributed by atoms with E-state index in [1.54, 1.807) is 18.2 Å². The van der Waals surface area contributed by atoms with Crippen molar-refractivity contribution in [2.45, 2.75) is 26.7 Å². The third kappa shape index (κ3) is 1.41. The van der Waals surface area contributed by atoms with E-state index in [0.717, 1.165) is 0 Å². The van der Waals surface area contributed by atoms with Gasteiger partial charge in [0.15, 0.2) is 11.6 Å². The van der Waals surface area contributed by atoms with Gasteiger partial charge < -0.3 is 0 Å². The fourth-order valence-corrected chi connectivity index (χ4v) is 2.06. The minimum atomic E-state index is -0.495. The lowest BCUT2D eigenvalue weighted by atomic mass is 9.70. The topological polar surface area (TPSA) is 34.1 Å². The number of rotatable bonds is 1. The Labute approximate surface area is 89.3 Å². The van der Waals surface area contributed by atoms with Crippen LogP contribution in [0, 0.1) is 5.41 Å². The van der Waals surface area contributed by atoms with Gasteiger partial charge in [0.1, 0.15) is 0 Å². The first-order chi connectivity index (χ1) is 7.08. The first kappa shape index (κ1) is 10.1. The molecule has 1 aromatic carbocycles. The van der Waals surface area contributed by atoms with Crippen molar-refractivity contribution >= 4 is 11.6 Å². The van der Waals surface area contributed by atoms with Crippen molar-refractivity contribution in [3.05, 3.63) is 35.4 Å². The zero-order chi connectivity index (χ0) is 11.1. The molecule has 1 aromatic rings. The van der Waals surface area contributed by atoms with Crippen LogP contribution in [-0.4, -0.2) is 11.6 Å². The van der Waals surface area contributed by atoms with E-state index >= 15 is 0 Å². The summed E-state index contributed by atoms with van der Waals surface area (Å²) in [7, 11) is 0. The summed E-state index contributed by atoms with van der Waals surface area (Å²) in [5.41, 5.74) is 0.692. The molecule has 0 aliphatic heterocycles. The Morgan fingerprint density at radius 2 is 1.80 bits per heavy atom. The fraction of sp³-hybridized carbons (Fsp3) is 0.385. The van der Waals surface area contributed by atoms with Gasteiger partial charge in [-0.2, -0.15) is 0 Å². The van der Waals surface area contributed by atoms with Gasteiger partial charge in [0.2, 0.25) is 0 Å². The van der Waals surface area contributed by atoms with Crippen LogP contribution in [0.3, 0.4) is 0 Å². The van der Waals surface area contributed by atoms with E-state index in [-0.39, 0.29) is 11.6 Å². The lowest BCUT2D eigenvalue weighted by Gasteiger charge is -2.31. The molecule has 1 unspecified atom stereocenters. The maximum Gasteiger partial charge on any atom is 0.169 e. The van der Waals surface area contributed by atoms with E-state index in [0.29, 0.717) is 24.0 Å². The summed E-state index contributed by atoms with van der Waals surface area (Å²) in [6, 6.07) is 7.11. The highest BCUT2D eigenvalue weighted by Gasteiger charge is 2.40. The molecule has 0 fully saturated rings. The highest BCUT2D eigenvalue weighted by molar-refractivity contribution is 6.16. The first-order valence-corrected chi connectivity index (χ1v) is 5.25. The van der Waals surface area contributed by atoms with E-state index in [2.05, 4.69) is 0 Å². The maximum absolute atomic E-state index is 12.2. The molecule has 0 saturated heterocycles. The van der Waals surface area contributed by atoms with Gasteiger partial charge in [0, 0.05) is 23.0 Å². The van der Waals surface area contributed by atoms with Crippen molar-refractivity contribution in [2.75, 3.05) is 0 Å².